The number of aryl methyl sites for hydroxylation is 1. The van der Waals surface area contributed by atoms with E-state index in [0.29, 0.717) is 6.54 Å². The summed E-state index contributed by atoms with van der Waals surface area (Å²) < 4.78 is 15.4. The van der Waals surface area contributed by atoms with E-state index in [1.807, 2.05) is 23.9 Å². The van der Waals surface area contributed by atoms with Gasteiger partial charge in [-0.3, -0.25) is 0 Å². The minimum atomic E-state index is -0.202. The van der Waals surface area contributed by atoms with Gasteiger partial charge >= 0.3 is 0 Å². The van der Waals surface area contributed by atoms with Crippen LogP contribution in [0.15, 0.2) is 30.7 Å². The Kier molecular flexibility index (Phi) is 2.98. The maximum absolute atomic E-state index is 13.4. The van der Waals surface area contributed by atoms with Crippen LogP contribution in [0.3, 0.4) is 0 Å². The summed E-state index contributed by atoms with van der Waals surface area (Å²) in [5.41, 5.74) is 9.12. The summed E-state index contributed by atoms with van der Waals surface area (Å²) in [6.07, 6.45) is 4.53. The fourth-order valence-corrected chi connectivity index (χ4v) is 2.80. The first kappa shape index (κ1) is 12.2. The Morgan fingerprint density at radius 1 is 1.47 bits per heavy atom. The molecule has 0 fully saturated rings. The van der Waals surface area contributed by atoms with E-state index in [0.717, 1.165) is 24.3 Å². The molecule has 5 heteroatoms. The molecule has 0 spiro atoms. The Bertz CT molecular complexity index is 593. The van der Waals surface area contributed by atoms with E-state index in [1.54, 1.807) is 12.4 Å². The number of fused-ring (bicyclic) bond motifs is 1. The fourth-order valence-electron chi connectivity index (χ4n) is 2.80. The standard InChI is InChI=1S/C14H17FN4/c1-18-9-17-8-14(18)13(7-16)19-5-4-10-2-3-11(15)6-12(10)19/h2-3,6,8-9,13H,4-5,7,16H2,1H3. The van der Waals surface area contributed by atoms with Crippen molar-refractivity contribution in [2.45, 2.75) is 12.5 Å². The summed E-state index contributed by atoms with van der Waals surface area (Å²) in [4.78, 5) is 6.32. The number of rotatable bonds is 3. The van der Waals surface area contributed by atoms with Crippen molar-refractivity contribution in [1.82, 2.24) is 9.55 Å². The van der Waals surface area contributed by atoms with Crippen molar-refractivity contribution in [2.24, 2.45) is 12.8 Å². The van der Waals surface area contributed by atoms with Crippen LogP contribution in [0.25, 0.3) is 0 Å². The number of aromatic nitrogens is 2. The van der Waals surface area contributed by atoms with Crippen LogP contribution in [0, 0.1) is 5.82 Å². The predicted molar refractivity (Wildman–Crippen MR) is 72.5 cm³/mol. The molecule has 2 N–H and O–H groups in total. The van der Waals surface area contributed by atoms with Crippen LogP contribution in [0.1, 0.15) is 17.3 Å². The molecule has 100 valence electrons. The average molecular weight is 260 g/mol. The lowest BCUT2D eigenvalue weighted by Gasteiger charge is -2.29. The third kappa shape index (κ3) is 2.00. The predicted octanol–water partition coefficient (Wildman–Crippen LogP) is 1.62. The van der Waals surface area contributed by atoms with Crippen molar-refractivity contribution < 1.29 is 4.39 Å². The monoisotopic (exact) mass is 260 g/mol. The molecular weight excluding hydrogens is 243 g/mol. The SMILES string of the molecule is Cn1cncc1C(CN)N1CCc2ccc(F)cc21. The number of hydrogen-bond acceptors (Lipinski definition) is 3. The fraction of sp³-hybridized carbons (Fsp3) is 0.357. The van der Waals surface area contributed by atoms with Gasteiger partial charge in [0.15, 0.2) is 0 Å². The van der Waals surface area contributed by atoms with Crippen molar-refractivity contribution in [2.75, 3.05) is 18.0 Å². The molecule has 1 aromatic heterocycles. The Morgan fingerprint density at radius 2 is 2.32 bits per heavy atom. The van der Waals surface area contributed by atoms with Gasteiger partial charge in [-0.2, -0.15) is 0 Å². The molecule has 1 atom stereocenters. The third-order valence-electron chi connectivity index (χ3n) is 3.77. The van der Waals surface area contributed by atoms with Crippen LogP contribution >= 0.6 is 0 Å². The zero-order chi connectivity index (χ0) is 13.4. The molecule has 1 unspecified atom stereocenters. The van der Waals surface area contributed by atoms with E-state index in [2.05, 4.69) is 9.88 Å². The van der Waals surface area contributed by atoms with Gasteiger partial charge in [0.2, 0.25) is 0 Å². The van der Waals surface area contributed by atoms with Gasteiger partial charge in [0.1, 0.15) is 5.82 Å². The van der Waals surface area contributed by atoms with Gasteiger partial charge in [-0.1, -0.05) is 6.07 Å². The second-order valence-corrected chi connectivity index (χ2v) is 4.90. The van der Waals surface area contributed by atoms with Crippen molar-refractivity contribution in [3.8, 4) is 0 Å². The molecule has 0 saturated heterocycles. The lowest BCUT2D eigenvalue weighted by atomic mass is 10.1. The second-order valence-electron chi connectivity index (χ2n) is 4.90. The molecule has 1 aliphatic rings. The van der Waals surface area contributed by atoms with Crippen LogP contribution in [0.4, 0.5) is 10.1 Å². The van der Waals surface area contributed by atoms with Crippen LogP contribution in [0.5, 0.6) is 0 Å². The summed E-state index contributed by atoms with van der Waals surface area (Å²) >= 11 is 0. The zero-order valence-corrected chi connectivity index (χ0v) is 10.9. The molecule has 0 aliphatic carbocycles. The largest absolute Gasteiger partial charge is 0.361 e. The molecule has 3 rings (SSSR count). The van der Waals surface area contributed by atoms with Crippen LogP contribution < -0.4 is 10.6 Å². The van der Waals surface area contributed by atoms with E-state index >= 15 is 0 Å². The highest BCUT2D eigenvalue weighted by atomic mass is 19.1. The van der Waals surface area contributed by atoms with E-state index in [1.165, 1.54) is 11.6 Å². The Morgan fingerprint density at radius 3 is 3.00 bits per heavy atom. The maximum Gasteiger partial charge on any atom is 0.125 e. The third-order valence-corrected chi connectivity index (χ3v) is 3.77. The van der Waals surface area contributed by atoms with E-state index in [-0.39, 0.29) is 11.9 Å². The number of nitrogens with zero attached hydrogens (tertiary/aromatic N) is 3. The van der Waals surface area contributed by atoms with Crippen molar-refractivity contribution >= 4 is 5.69 Å². The van der Waals surface area contributed by atoms with Crippen LogP contribution in [0.2, 0.25) is 0 Å². The topological polar surface area (TPSA) is 47.1 Å². The maximum atomic E-state index is 13.4. The Labute approximate surface area is 111 Å². The summed E-state index contributed by atoms with van der Waals surface area (Å²) in [5.74, 6) is -0.202. The lowest BCUT2D eigenvalue weighted by molar-refractivity contribution is 0.601. The summed E-state index contributed by atoms with van der Waals surface area (Å²) in [6, 6.07) is 5.02. The van der Waals surface area contributed by atoms with E-state index in [9.17, 15) is 4.39 Å². The number of benzene rings is 1. The molecular formula is C14H17FN4. The van der Waals surface area contributed by atoms with Gasteiger partial charge in [-0.05, 0) is 24.1 Å². The number of halogens is 1. The van der Waals surface area contributed by atoms with E-state index in [4.69, 9.17) is 5.73 Å². The van der Waals surface area contributed by atoms with Crippen LogP contribution in [-0.4, -0.2) is 22.6 Å². The number of hydrogen-bond donors (Lipinski definition) is 1. The highest BCUT2D eigenvalue weighted by molar-refractivity contribution is 5.59. The van der Waals surface area contributed by atoms with Gasteiger partial charge in [0, 0.05) is 25.8 Å². The van der Waals surface area contributed by atoms with Gasteiger partial charge in [0.05, 0.1) is 24.3 Å². The van der Waals surface area contributed by atoms with Crippen molar-refractivity contribution in [3.05, 3.63) is 47.8 Å². The minimum Gasteiger partial charge on any atom is -0.361 e. The second kappa shape index (κ2) is 4.66. The number of nitrogens with two attached hydrogens (primary N) is 1. The first-order valence-corrected chi connectivity index (χ1v) is 6.42. The minimum absolute atomic E-state index is 0.0375. The molecule has 0 radical (unpaired) electrons. The van der Waals surface area contributed by atoms with E-state index < -0.39 is 0 Å². The first-order chi connectivity index (χ1) is 9.20. The van der Waals surface area contributed by atoms with Crippen LogP contribution in [-0.2, 0) is 13.5 Å². The molecule has 4 nitrogen and oxygen atoms in total. The highest BCUT2D eigenvalue weighted by Gasteiger charge is 2.28. The molecule has 1 aliphatic heterocycles. The molecule has 0 bridgehead atoms. The van der Waals surface area contributed by atoms with Gasteiger partial charge in [-0.15, -0.1) is 0 Å². The molecule has 2 aromatic rings. The number of imidazole rings is 1. The Balaban J connectivity index is 2.00. The number of anilines is 1. The summed E-state index contributed by atoms with van der Waals surface area (Å²) in [5, 5.41) is 0. The molecule has 0 amide bonds. The normalized spacial score (nSPS) is 15.6. The highest BCUT2D eigenvalue weighted by Crippen LogP contribution is 2.35. The summed E-state index contributed by atoms with van der Waals surface area (Å²) in [7, 11) is 1.95. The molecule has 2 heterocycles. The Hall–Kier alpha value is -1.88. The summed E-state index contributed by atoms with van der Waals surface area (Å²) in [6.45, 7) is 1.35. The lowest BCUT2D eigenvalue weighted by Crippen LogP contribution is -2.33. The first-order valence-electron chi connectivity index (χ1n) is 6.42. The van der Waals surface area contributed by atoms with Crippen molar-refractivity contribution in [1.29, 1.82) is 0 Å². The molecule has 0 saturated carbocycles. The van der Waals surface area contributed by atoms with Gasteiger partial charge in [0.25, 0.3) is 0 Å². The molecule has 19 heavy (non-hydrogen) atoms. The van der Waals surface area contributed by atoms with Crippen molar-refractivity contribution in [3.63, 3.8) is 0 Å². The smallest absolute Gasteiger partial charge is 0.125 e. The van der Waals surface area contributed by atoms with Gasteiger partial charge < -0.3 is 15.2 Å². The molecule has 1 aromatic carbocycles. The average Bonchev–Trinajstić information content (AvgIpc) is 2.99. The van der Waals surface area contributed by atoms with Gasteiger partial charge in [-0.25, -0.2) is 9.37 Å². The zero-order valence-electron chi connectivity index (χ0n) is 10.9. The quantitative estimate of drug-likeness (QED) is 0.912.